The van der Waals surface area contributed by atoms with Crippen LogP contribution in [0.15, 0.2) is 10.3 Å². The van der Waals surface area contributed by atoms with E-state index in [4.69, 9.17) is 5.14 Å². The van der Waals surface area contributed by atoms with Crippen LogP contribution in [0.2, 0.25) is 0 Å². The second kappa shape index (κ2) is 3.05. The Bertz CT molecular complexity index is 447. The van der Waals surface area contributed by atoms with Crippen molar-refractivity contribution in [3.05, 3.63) is 21.1 Å². The molecule has 6 nitrogen and oxygen atoms in total. The summed E-state index contributed by atoms with van der Waals surface area (Å²) in [6, 6.07) is 0.968. The van der Waals surface area contributed by atoms with E-state index in [0.29, 0.717) is 4.88 Å². The highest BCUT2D eigenvalue weighted by atomic mass is 32.2. The lowest BCUT2D eigenvalue weighted by Gasteiger charge is -1.86. The van der Waals surface area contributed by atoms with Gasteiger partial charge < -0.3 is 0 Å². The topological polar surface area (TPSA) is 103 Å². The normalized spacial score (nSPS) is 11.5. The Morgan fingerprint density at radius 2 is 2.15 bits per heavy atom. The molecule has 0 spiro atoms. The summed E-state index contributed by atoms with van der Waals surface area (Å²) in [5.74, 6) is 0. The summed E-state index contributed by atoms with van der Waals surface area (Å²) >= 11 is 0.795. The van der Waals surface area contributed by atoms with Crippen molar-refractivity contribution in [3.63, 3.8) is 0 Å². The third-order valence-electron chi connectivity index (χ3n) is 1.35. The van der Waals surface area contributed by atoms with Crippen LogP contribution in [0.1, 0.15) is 4.88 Å². The molecule has 0 saturated carbocycles. The Labute approximate surface area is 78.2 Å². The highest BCUT2D eigenvalue weighted by Crippen LogP contribution is 2.30. The minimum atomic E-state index is -3.82. The zero-order chi connectivity index (χ0) is 10.2. The van der Waals surface area contributed by atoms with Crippen molar-refractivity contribution >= 4 is 27.0 Å². The minimum Gasteiger partial charge on any atom is -0.258 e. The van der Waals surface area contributed by atoms with Gasteiger partial charge in [-0.25, -0.2) is 13.6 Å². The van der Waals surface area contributed by atoms with Crippen LogP contribution in [0.4, 0.5) is 5.69 Å². The summed E-state index contributed by atoms with van der Waals surface area (Å²) in [5.41, 5.74) is -0.214. The molecule has 13 heavy (non-hydrogen) atoms. The van der Waals surface area contributed by atoms with Gasteiger partial charge in [-0.15, -0.1) is 11.3 Å². The molecule has 0 radical (unpaired) electrons. The summed E-state index contributed by atoms with van der Waals surface area (Å²) < 4.78 is 21.4. The largest absolute Gasteiger partial charge is 0.284 e. The molecule has 1 aromatic heterocycles. The summed E-state index contributed by atoms with van der Waals surface area (Å²) in [4.78, 5) is 10.0. The third kappa shape index (κ3) is 2.02. The number of hydrogen-bond donors (Lipinski definition) is 1. The van der Waals surface area contributed by atoms with Crippen molar-refractivity contribution in [2.24, 2.45) is 5.14 Å². The van der Waals surface area contributed by atoms with Gasteiger partial charge in [0.2, 0.25) is 10.0 Å². The smallest absolute Gasteiger partial charge is 0.258 e. The molecule has 0 aliphatic heterocycles. The van der Waals surface area contributed by atoms with Crippen LogP contribution in [0.25, 0.3) is 0 Å². The number of nitrogens with two attached hydrogens (primary N) is 1. The first-order chi connectivity index (χ1) is 5.82. The number of hydrogen-bond acceptors (Lipinski definition) is 5. The molecular formula is C5H6N2O4S2. The van der Waals surface area contributed by atoms with Crippen LogP contribution < -0.4 is 5.14 Å². The molecule has 0 aliphatic carbocycles. The molecule has 1 heterocycles. The van der Waals surface area contributed by atoms with Gasteiger partial charge in [0.25, 0.3) is 5.69 Å². The lowest BCUT2D eigenvalue weighted by atomic mass is 10.4. The standard InChI is InChI=1S/C5H6N2O4S2/c1-3-4(7(8)9)2-5(12-3)13(6,10)11/h2H,1H3,(H2,6,10,11). The van der Waals surface area contributed by atoms with Crippen molar-refractivity contribution in [2.45, 2.75) is 11.1 Å². The van der Waals surface area contributed by atoms with Gasteiger partial charge in [-0.05, 0) is 6.92 Å². The Morgan fingerprint density at radius 3 is 2.38 bits per heavy atom. The summed E-state index contributed by atoms with van der Waals surface area (Å²) in [7, 11) is -3.82. The van der Waals surface area contributed by atoms with Crippen molar-refractivity contribution in [3.8, 4) is 0 Å². The van der Waals surface area contributed by atoms with Gasteiger partial charge in [-0.2, -0.15) is 0 Å². The fourth-order valence-corrected chi connectivity index (χ4v) is 2.59. The van der Waals surface area contributed by atoms with Crippen LogP contribution in [0.3, 0.4) is 0 Å². The van der Waals surface area contributed by atoms with Gasteiger partial charge in [0.1, 0.15) is 4.21 Å². The number of primary sulfonamides is 1. The van der Waals surface area contributed by atoms with Crippen molar-refractivity contribution in [2.75, 3.05) is 0 Å². The highest BCUT2D eigenvalue weighted by molar-refractivity contribution is 7.91. The Morgan fingerprint density at radius 1 is 1.62 bits per heavy atom. The van der Waals surface area contributed by atoms with Gasteiger partial charge in [0.05, 0.1) is 9.80 Å². The van der Waals surface area contributed by atoms with Crippen molar-refractivity contribution in [1.82, 2.24) is 0 Å². The van der Waals surface area contributed by atoms with E-state index in [1.54, 1.807) is 0 Å². The zero-order valence-corrected chi connectivity index (χ0v) is 8.18. The molecule has 0 unspecified atom stereocenters. The van der Waals surface area contributed by atoms with Crippen LogP contribution in [0.5, 0.6) is 0 Å². The van der Waals surface area contributed by atoms with Crippen LogP contribution >= 0.6 is 11.3 Å². The second-order valence-corrected chi connectivity index (χ2v) is 5.35. The van der Waals surface area contributed by atoms with Crippen molar-refractivity contribution < 1.29 is 13.3 Å². The molecule has 1 aromatic rings. The van der Waals surface area contributed by atoms with Gasteiger partial charge in [0.15, 0.2) is 0 Å². The maximum Gasteiger partial charge on any atom is 0.284 e. The molecule has 2 N–H and O–H groups in total. The first-order valence-electron chi connectivity index (χ1n) is 3.10. The van der Waals surface area contributed by atoms with E-state index < -0.39 is 14.9 Å². The quantitative estimate of drug-likeness (QED) is 0.584. The van der Waals surface area contributed by atoms with E-state index in [-0.39, 0.29) is 9.90 Å². The lowest BCUT2D eigenvalue weighted by molar-refractivity contribution is -0.385. The second-order valence-electron chi connectivity index (χ2n) is 2.31. The number of aryl methyl sites for hydroxylation is 1. The maximum atomic E-state index is 10.8. The number of thiophene rings is 1. The van der Waals surface area contributed by atoms with Crippen LogP contribution in [0, 0.1) is 17.0 Å². The van der Waals surface area contributed by atoms with E-state index in [0.717, 1.165) is 17.4 Å². The minimum absolute atomic E-state index is 0.184. The number of nitro groups is 1. The van der Waals surface area contributed by atoms with Crippen LogP contribution in [-0.4, -0.2) is 13.3 Å². The number of rotatable bonds is 2. The van der Waals surface area contributed by atoms with Gasteiger partial charge in [-0.1, -0.05) is 0 Å². The van der Waals surface area contributed by atoms with E-state index in [9.17, 15) is 18.5 Å². The molecule has 72 valence electrons. The molecule has 0 aromatic carbocycles. The first kappa shape index (κ1) is 10.1. The Kier molecular flexibility index (Phi) is 2.37. The molecule has 0 aliphatic rings. The lowest BCUT2D eigenvalue weighted by Crippen LogP contribution is -2.09. The number of nitrogens with zero attached hydrogens (tertiary/aromatic N) is 1. The summed E-state index contributed by atoms with van der Waals surface area (Å²) in [5, 5.41) is 15.1. The number of sulfonamides is 1. The monoisotopic (exact) mass is 222 g/mol. The van der Waals surface area contributed by atoms with E-state index in [2.05, 4.69) is 0 Å². The molecular weight excluding hydrogens is 216 g/mol. The van der Waals surface area contributed by atoms with Gasteiger partial charge >= 0.3 is 0 Å². The maximum absolute atomic E-state index is 10.8. The fourth-order valence-electron chi connectivity index (χ4n) is 0.767. The van der Waals surface area contributed by atoms with E-state index in [1.165, 1.54) is 6.92 Å². The molecule has 0 bridgehead atoms. The summed E-state index contributed by atoms with van der Waals surface area (Å²) in [6.45, 7) is 1.47. The molecule has 0 atom stereocenters. The van der Waals surface area contributed by atoms with E-state index >= 15 is 0 Å². The van der Waals surface area contributed by atoms with Gasteiger partial charge in [-0.3, -0.25) is 10.1 Å². The van der Waals surface area contributed by atoms with Crippen LogP contribution in [-0.2, 0) is 10.0 Å². The zero-order valence-electron chi connectivity index (χ0n) is 6.55. The van der Waals surface area contributed by atoms with Crippen molar-refractivity contribution in [1.29, 1.82) is 0 Å². The summed E-state index contributed by atoms with van der Waals surface area (Å²) in [6.07, 6.45) is 0. The Hall–Kier alpha value is -0.990. The predicted molar refractivity (Wildman–Crippen MR) is 47.1 cm³/mol. The average Bonchev–Trinajstić information content (AvgIpc) is 2.29. The fraction of sp³-hybridized carbons (Fsp3) is 0.200. The molecule has 0 saturated heterocycles. The Balaban J connectivity index is 3.33. The molecule has 1 rings (SSSR count). The van der Waals surface area contributed by atoms with Gasteiger partial charge in [0, 0.05) is 6.07 Å². The molecule has 0 fully saturated rings. The molecule has 8 heteroatoms. The first-order valence-corrected chi connectivity index (χ1v) is 5.46. The average molecular weight is 222 g/mol. The van der Waals surface area contributed by atoms with E-state index in [1.807, 2.05) is 0 Å². The third-order valence-corrected chi connectivity index (χ3v) is 3.81. The molecule has 0 amide bonds. The SMILES string of the molecule is Cc1sc(S(N)(=O)=O)cc1[N+](=O)[O-]. The highest BCUT2D eigenvalue weighted by Gasteiger charge is 2.20. The predicted octanol–water partition coefficient (Wildman–Crippen LogP) is 0.612.